The summed E-state index contributed by atoms with van der Waals surface area (Å²) < 4.78 is 0. The second kappa shape index (κ2) is 6.83. The molecule has 0 aromatic carbocycles. The van der Waals surface area contributed by atoms with E-state index in [0.717, 1.165) is 25.7 Å². The van der Waals surface area contributed by atoms with Gasteiger partial charge in [-0.3, -0.25) is 19.4 Å². The van der Waals surface area contributed by atoms with Crippen molar-refractivity contribution in [2.24, 2.45) is 16.7 Å². The molecule has 2 aliphatic heterocycles. The number of hydrogen-bond donors (Lipinski definition) is 1. The molecule has 28 heavy (non-hydrogen) atoms. The highest BCUT2D eigenvalue weighted by atomic mass is 16.2. The Kier molecular flexibility index (Phi) is 4.59. The van der Waals surface area contributed by atoms with Crippen molar-refractivity contribution >= 4 is 17.7 Å². The lowest BCUT2D eigenvalue weighted by atomic mass is 9.65. The van der Waals surface area contributed by atoms with Crippen molar-refractivity contribution in [3.8, 4) is 0 Å². The van der Waals surface area contributed by atoms with Gasteiger partial charge in [0.1, 0.15) is 5.69 Å². The summed E-state index contributed by atoms with van der Waals surface area (Å²) in [5.41, 5.74) is -0.110. The Balaban J connectivity index is 1.53. The van der Waals surface area contributed by atoms with Crippen LogP contribution in [0.1, 0.15) is 43.1 Å². The molecule has 0 bridgehead atoms. The van der Waals surface area contributed by atoms with Gasteiger partial charge in [0, 0.05) is 52.5 Å². The van der Waals surface area contributed by atoms with Crippen LogP contribution >= 0.6 is 0 Å². The molecular formula is C20H27N5O3. The number of likely N-dealkylation sites (tertiary alicyclic amines) is 2. The zero-order chi connectivity index (χ0) is 19.9. The average molecular weight is 385 g/mol. The SMILES string of the molecule is CNC(=O)[C@@]12CCC3(CCN(C(=O)c4cnccn4)CC3)[C@@H]1CN(C(C)=O)C2. The fraction of sp³-hybridized carbons (Fsp3) is 0.650. The van der Waals surface area contributed by atoms with Gasteiger partial charge in [-0.05, 0) is 37.0 Å². The van der Waals surface area contributed by atoms with Crippen LogP contribution in [0.4, 0.5) is 0 Å². The van der Waals surface area contributed by atoms with Crippen LogP contribution in [0.3, 0.4) is 0 Å². The Hall–Kier alpha value is -2.51. The molecule has 3 heterocycles. The standard InChI is InChI=1S/C20H27N5O3/c1-14(26)25-12-16-19(3-4-20(16,13-25)18(28)21-2)5-9-24(10-6-19)17(27)15-11-22-7-8-23-15/h7-8,11,16H,3-6,9-10,12-13H2,1-2H3,(H,21,28)/t16-,20+/m0/s1. The van der Waals surface area contributed by atoms with Gasteiger partial charge in [-0.1, -0.05) is 0 Å². The molecule has 2 atom stereocenters. The van der Waals surface area contributed by atoms with Crippen molar-refractivity contribution in [1.82, 2.24) is 25.1 Å². The second-order valence-corrected chi connectivity index (χ2v) is 8.43. The van der Waals surface area contributed by atoms with Gasteiger partial charge in [0.05, 0.1) is 11.6 Å². The number of nitrogens with zero attached hydrogens (tertiary/aromatic N) is 4. The summed E-state index contributed by atoms with van der Waals surface area (Å²) >= 11 is 0. The van der Waals surface area contributed by atoms with Gasteiger partial charge >= 0.3 is 0 Å². The number of nitrogens with one attached hydrogen (secondary N) is 1. The van der Waals surface area contributed by atoms with Crippen LogP contribution in [-0.2, 0) is 9.59 Å². The molecule has 3 amide bonds. The number of carbonyl (C=O) groups excluding carboxylic acids is 3. The molecule has 3 aliphatic rings. The fourth-order valence-electron chi connectivity index (χ4n) is 5.75. The first-order chi connectivity index (χ1) is 13.4. The van der Waals surface area contributed by atoms with E-state index in [0.29, 0.717) is 31.9 Å². The number of amides is 3. The number of piperidine rings is 1. The summed E-state index contributed by atoms with van der Waals surface area (Å²) in [4.78, 5) is 49.3. The first-order valence-electron chi connectivity index (χ1n) is 9.95. The molecule has 1 aromatic heterocycles. The van der Waals surface area contributed by atoms with Crippen molar-refractivity contribution in [1.29, 1.82) is 0 Å². The molecule has 0 radical (unpaired) electrons. The smallest absolute Gasteiger partial charge is 0.274 e. The highest BCUT2D eigenvalue weighted by molar-refractivity contribution is 5.92. The Morgan fingerprint density at radius 1 is 1.11 bits per heavy atom. The van der Waals surface area contributed by atoms with E-state index < -0.39 is 5.41 Å². The lowest BCUT2D eigenvalue weighted by Crippen LogP contribution is -2.49. The topological polar surface area (TPSA) is 95.5 Å². The van der Waals surface area contributed by atoms with E-state index in [9.17, 15) is 14.4 Å². The summed E-state index contributed by atoms with van der Waals surface area (Å²) in [5, 5.41) is 2.84. The zero-order valence-electron chi connectivity index (χ0n) is 16.5. The van der Waals surface area contributed by atoms with E-state index in [2.05, 4.69) is 15.3 Å². The fourth-order valence-corrected chi connectivity index (χ4v) is 5.75. The first-order valence-corrected chi connectivity index (χ1v) is 9.95. The molecule has 0 unspecified atom stereocenters. The normalized spacial score (nSPS) is 28.3. The Labute approximate surface area is 164 Å². The average Bonchev–Trinajstić information content (AvgIpc) is 3.26. The third kappa shape index (κ3) is 2.77. The highest BCUT2D eigenvalue weighted by Gasteiger charge is 2.64. The van der Waals surface area contributed by atoms with Crippen LogP contribution in [0.5, 0.6) is 0 Å². The van der Waals surface area contributed by atoms with Crippen molar-refractivity contribution in [2.45, 2.75) is 32.6 Å². The van der Waals surface area contributed by atoms with E-state index >= 15 is 0 Å². The summed E-state index contributed by atoms with van der Waals surface area (Å²) in [7, 11) is 1.68. The quantitative estimate of drug-likeness (QED) is 0.809. The zero-order valence-corrected chi connectivity index (χ0v) is 16.5. The number of aromatic nitrogens is 2. The molecule has 1 spiro atoms. The molecule has 1 saturated carbocycles. The van der Waals surface area contributed by atoms with Crippen LogP contribution in [-0.4, -0.2) is 70.7 Å². The predicted molar refractivity (Wildman–Crippen MR) is 101 cm³/mol. The largest absolute Gasteiger partial charge is 0.359 e. The second-order valence-electron chi connectivity index (χ2n) is 8.43. The minimum absolute atomic E-state index is 0.00978. The number of fused-ring (bicyclic) bond motifs is 2. The van der Waals surface area contributed by atoms with Gasteiger partial charge in [-0.15, -0.1) is 0 Å². The molecule has 1 N–H and O–H groups in total. The van der Waals surface area contributed by atoms with Crippen molar-refractivity contribution in [3.63, 3.8) is 0 Å². The summed E-state index contributed by atoms with van der Waals surface area (Å²) in [6.07, 6.45) is 8.08. The monoisotopic (exact) mass is 385 g/mol. The van der Waals surface area contributed by atoms with E-state index in [-0.39, 0.29) is 29.1 Å². The van der Waals surface area contributed by atoms with Crippen LogP contribution in [0.2, 0.25) is 0 Å². The Morgan fingerprint density at radius 3 is 2.46 bits per heavy atom. The Morgan fingerprint density at radius 2 is 1.86 bits per heavy atom. The van der Waals surface area contributed by atoms with E-state index in [1.165, 1.54) is 12.4 Å². The minimum Gasteiger partial charge on any atom is -0.359 e. The first kappa shape index (κ1) is 18.8. The van der Waals surface area contributed by atoms with E-state index in [4.69, 9.17) is 0 Å². The van der Waals surface area contributed by atoms with Crippen LogP contribution in [0.25, 0.3) is 0 Å². The van der Waals surface area contributed by atoms with Crippen molar-refractivity contribution in [2.75, 3.05) is 33.2 Å². The van der Waals surface area contributed by atoms with Gasteiger partial charge in [0.25, 0.3) is 5.91 Å². The molecule has 3 fully saturated rings. The summed E-state index contributed by atoms with van der Waals surface area (Å²) in [6, 6.07) is 0. The molecule has 150 valence electrons. The van der Waals surface area contributed by atoms with Crippen molar-refractivity contribution in [3.05, 3.63) is 24.3 Å². The number of rotatable bonds is 2. The molecular weight excluding hydrogens is 358 g/mol. The minimum atomic E-state index is -0.489. The maximum absolute atomic E-state index is 12.8. The van der Waals surface area contributed by atoms with Crippen LogP contribution < -0.4 is 5.32 Å². The molecule has 2 saturated heterocycles. The predicted octanol–water partition coefficient (Wildman–Crippen LogP) is 0.704. The molecule has 1 aliphatic carbocycles. The maximum atomic E-state index is 12.8. The van der Waals surface area contributed by atoms with E-state index in [1.54, 1.807) is 20.2 Å². The van der Waals surface area contributed by atoms with Gasteiger partial charge in [0.2, 0.25) is 11.8 Å². The van der Waals surface area contributed by atoms with Gasteiger partial charge in [0.15, 0.2) is 0 Å². The molecule has 8 heteroatoms. The summed E-state index contributed by atoms with van der Waals surface area (Å²) in [6.45, 7) is 4.02. The number of carbonyl (C=O) groups is 3. The molecule has 4 rings (SSSR count). The lowest BCUT2D eigenvalue weighted by Gasteiger charge is -2.44. The highest BCUT2D eigenvalue weighted by Crippen LogP contribution is 2.62. The maximum Gasteiger partial charge on any atom is 0.274 e. The Bertz CT molecular complexity index is 790. The van der Waals surface area contributed by atoms with Gasteiger partial charge < -0.3 is 15.1 Å². The third-order valence-electron chi connectivity index (χ3n) is 7.30. The molecule has 1 aromatic rings. The molecule has 8 nitrogen and oxygen atoms in total. The third-order valence-corrected chi connectivity index (χ3v) is 7.30. The van der Waals surface area contributed by atoms with Crippen LogP contribution in [0.15, 0.2) is 18.6 Å². The van der Waals surface area contributed by atoms with Crippen LogP contribution in [0, 0.1) is 16.7 Å². The lowest BCUT2D eigenvalue weighted by molar-refractivity contribution is -0.133. The van der Waals surface area contributed by atoms with Gasteiger partial charge in [-0.2, -0.15) is 0 Å². The van der Waals surface area contributed by atoms with Gasteiger partial charge in [-0.25, -0.2) is 4.98 Å². The van der Waals surface area contributed by atoms with E-state index in [1.807, 2.05) is 9.80 Å². The van der Waals surface area contributed by atoms with Crippen molar-refractivity contribution < 1.29 is 14.4 Å². The summed E-state index contributed by atoms with van der Waals surface area (Å²) in [5.74, 6) is 0.146. The number of hydrogen-bond acceptors (Lipinski definition) is 5.